The number of hydrogen-bond acceptors (Lipinski definition) is 0. The molecule has 0 aliphatic heterocycles. The van der Waals surface area contributed by atoms with Crippen molar-refractivity contribution in [2.75, 3.05) is 0 Å². The molecule has 14 heteroatoms. The summed E-state index contributed by atoms with van der Waals surface area (Å²) in [7, 11) is 14.7. The molecule has 0 bridgehead atoms. The van der Waals surface area contributed by atoms with Crippen LogP contribution in [0.2, 0.25) is 0 Å². The van der Waals surface area contributed by atoms with Crippen LogP contribution in [0.5, 0.6) is 0 Å². The van der Waals surface area contributed by atoms with Gasteiger partial charge in [-0.15, -0.1) is 0 Å². The molecule has 126 heavy (non-hydrogen) atoms. The van der Waals surface area contributed by atoms with Crippen LogP contribution in [0.1, 0.15) is 78.0 Å². The normalized spacial score (nSPS) is 11.1. The minimum absolute atomic E-state index is 1.25. The maximum Gasteiger partial charge on any atom is 0.214 e. The van der Waals surface area contributed by atoms with Crippen molar-refractivity contribution < 1.29 is 32.0 Å². The third kappa shape index (κ3) is 17.3. The van der Waals surface area contributed by atoms with E-state index >= 15 is 0 Å². The molecule has 21 rings (SSSR count). The lowest BCUT2D eigenvalue weighted by Gasteiger charge is -2.11. The summed E-state index contributed by atoms with van der Waals surface area (Å²) in [5.41, 5.74) is 45.5. The Bertz CT molecular complexity index is 7010. The summed E-state index contributed by atoms with van der Waals surface area (Å²) >= 11 is 0. The van der Waals surface area contributed by atoms with Crippen molar-refractivity contribution in [1.82, 2.24) is 30.8 Å². The highest BCUT2D eigenvalue weighted by Gasteiger charge is 2.25. The summed E-state index contributed by atoms with van der Waals surface area (Å²) in [5, 5.41) is 0. The zero-order valence-corrected chi connectivity index (χ0v) is 77.1. The minimum Gasteiger partial charge on any atom is -0.323 e. The molecule has 0 saturated carbocycles. The monoisotopic (exact) mass is 1660 g/mol. The van der Waals surface area contributed by atoms with Crippen LogP contribution in [-0.2, 0) is 49.3 Å². The maximum absolute atomic E-state index is 2.25. The quantitative estimate of drug-likeness (QED) is 0.143. The largest absolute Gasteiger partial charge is 0.323 e. The van der Waals surface area contributed by atoms with Gasteiger partial charge in [-0.2, -0.15) is 0 Å². The average molecular weight is 1660 g/mol. The van der Waals surface area contributed by atoms with Crippen molar-refractivity contribution in [1.29, 1.82) is 0 Å². The number of aryl methyl sites for hydroxylation is 21. The molecule has 0 atom stereocenters. The molecule has 0 unspecified atom stereocenters. The number of hydrogen-bond donors (Lipinski definition) is 0. The summed E-state index contributed by atoms with van der Waals surface area (Å²) < 4.78 is 30.7. The second kappa shape index (κ2) is 37.2. The van der Waals surface area contributed by atoms with Crippen molar-refractivity contribution in [3.8, 4) is 78.8 Å². The molecule has 0 radical (unpaired) electrons. The van der Waals surface area contributed by atoms with E-state index in [0.717, 1.165) is 0 Å². The fourth-order valence-corrected chi connectivity index (χ4v) is 18.5. The van der Waals surface area contributed by atoms with E-state index in [9.17, 15) is 0 Å². The summed E-state index contributed by atoms with van der Waals surface area (Å²) in [6.45, 7) is 30.5. The minimum atomic E-state index is 1.25. The van der Waals surface area contributed by atoms with E-state index in [4.69, 9.17) is 0 Å². The van der Waals surface area contributed by atoms with Crippen LogP contribution in [0.25, 0.3) is 117 Å². The number of aromatic nitrogens is 14. The summed E-state index contributed by atoms with van der Waals surface area (Å²) in [6, 6.07) is 76.5. The number of pyridine rings is 14. The Kier molecular flexibility index (Phi) is 25.5. The van der Waals surface area contributed by atoms with Gasteiger partial charge in [0.1, 0.15) is 49.3 Å². The van der Waals surface area contributed by atoms with E-state index in [0.29, 0.717) is 0 Å². The molecule has 0 N–H and O–H groups in total. The van der Waals surface area contributed by atoms with Gasteiger partial charge in [0.05, 0.1) is 61.0 Å². The van der Waals surface area contributed by atoms with E-state index < -0.39 is 0 Å². The van der Waals surface area contributed by atoms with Gasteiger partial charge in [-0.3, -0.25) is 0 Å². The lowest BCUT2D eigenvalue weighted by Crippen LogP contribution is -2.30. The van der Waals surface area contributed by atoms with Crippen LogP contribution >= 0.6 is 0 Å². The van der Waals surface area contributed by atoms with Gasteiger partial charge in [-0.05, 0) is 291 Å². The van der Waals surface area contributed by atoms with E-state index in [1.165, 1.54) is 195 Å². The van der Waals surface area contributed by atoms with Gasteiger partial charge >= 0.3 is 0 Å². The van der Waals surface area contributed by atoms with Crippen LogP contribution < -0.4 is 32.0 Å². The fraction of sp³-hybridized carbons (Fsp3) is 0.188. The summed E-state index contributed by atoms with van der Waals surface area (Å²) in [6.07, 6.45) is 42.5. The topological polar surface area (TPSA) is 58.0 Å². The maximum atomic E-state index is 2.25. The molecule has 21 aromatic heterocycles. The van der Waals surface area contributed by atoms with Crippen molar-refractivity contribution in [3.05, 3.63) is 420 Å². The first-order valence-electron chi connectivity index (χ1n) is 43.4. The molecule has 0 saturated heterocycles. The lowest BCUT2D eigenvalue weighted by molar-refractivity contribution is -0.660. The Labute approximate surface area is 742 Å². The van der Waals surface area contributed by atoms with Crippen LogP contribution in [-0.4, -0.2) is 30.8 Å². The Morgan fingerprint density at radius 1 is 0.190 bits per heavy atom. The predicted molar refractivity (Wildman–Crippen MR) is 514 cm³/mol. The Morgan fingerprint density at radius 2 is 0.444 bits per heavy atom. The van der Waals surface area contributed by atoms with Crippen molar-refractivity contribution in [3.63, 3.8) is 0 Å². The van der Waals surface area contributed by atoms with Gasteiger partial charge in [-0.25, -0.2) is 32.0 Å². The van der Waals surface area contributed by atoms with Gasteiger partial charge in [0.2, 0.25) is 39.9 Å². The molecular formula is C112H119N14+7. The van der Waals surface area contributed by atoms with Gasteiger partial charge < -0.3 is 30.8 Å². The summed E-state index contributed by atoms with van der Waals surface area (Å²) in [4.78, 5) is 0. The number of rotatable bonds is 7. The molecule has 0 spiro atoms. The molecule has 0 aliphatic carbocycles. The molecule has 0 aromatic carbocycles. The first kappa shape index (κ1) is 86.3. The van der Waals surface area contributed by atoms with Gasteiger partial charge in [-0.1, -0.05) is 12.1 Å². The third-order valence-corrected chi connectivity index (χ3v) is 24.8. The average Bonchev–Trinajstić information content (AvgIpc) is 1.48. The van der Waals surface area contributed by atoms with Crippen LogP contribution in [0.4, 0.5) is 0 Å². The Morgan fingerprint density at radius 3 is 0.778 bits per heavy atom. The first-order valence-corrected chi connectivity index (χ1v) is 43.4. The Hall–Kier alpha value is -14.6. The highest BCUT2D eigenvalue weighted by molar-refractivity contribution is 5.86. The van der Waals surface area contributed by atoms with Gasteiger partial charge in [0, 0.05) is 188 Å². The molecule has 21 heterocycles. The standard InChI is InChI=1S/7C16H17N2/c1-12-11-14-7-6-10-18(14)13(2)16(12)15-8-4-5-9-17(15)3;2*1-12-7-6-10-18-11-13(2)15(16(12)18)14-8-4-5-9-17(14)3;2*1-12-11-18-10-6-8-14(18)13(2)16(12)15-7-4-5-9-17(15)3;2*1-12-7-10-18-11-8-13(2)16(18)15(12)14-6-4-5-9-17(14)3/h7*4-11H,1-3H3/q7*+1. The Balaban J connectivity index is 0.000000113. The van der Waals surface area contributed by atoms with Gasteiger partial charge in [0.25, 0.3) is 0 Å². The number of nitrogens with zero attached hydrogens (tertiary/aromatic N) is 14. The molecule has 0 fully saturated rings. The molecule has 0 amide bonds. The van der Waals surface area contributed by atoms with Crippen molar-refractivity contribution in [2.24, 2.45) is 49.3 Å². The van der Waals surface area contributed by atoms with Crippen LogP contribution in [0.15, 0.2) is 342 Å². The second-order valence-corrected chi connectivity index (χ2v) is 33.7. The lowest BCUT2D eigenvalue weighted by atomic mass is 10.0. The van der Waals surface area contributed by atoms with Crippen LogP contribution in [0.3, 0.4) is 0 Å². The second-order valence-electron chi connectivity index (χ2n) is 33.7. The molecular weight excluding hydrogens is 1540 g/mol. The zero-order chi connectivity index (χ0) is 88.9. The molecule has 14 nitrogen and oxygen atoms in total. The predicted octanol–water partition coefficient (Wildman–Crippen LogP) is 21.3. The first-order chi connectivity index (χ1) is 60.8. The van der Waals surface area contributed by atoms with Gasteiger partial charge in [0.15, 0.2) is 43.4 Å². The molecule has 21 aromatic rings. The smallest absolute Gasteiger partial charge is 0.214 e. The van der Waals surface area contributed by atoms with E-state index in [2.05, 4.69) is 551 Å². The zero-order valence-electron chi connectivity index (χ0n) is 77.1. The SMILES string of the molecule is Cc1cc2cccn2c(C)c1-c1cccc[n+]1C.Cc1ccn2ccc(C)c2c1-c1cccc[n+]1C.Cc1ccn2ccc(C)c2c1-c1cccc[n+]1C.Cc1cn2cccc(C)c2c1-c1cccc[n+]1C.Cc1cn2cccc(C)c2c1-c1cccc[n+]1C.Cc1cn2cccc2c(C)c1-c1cccc[n+]1C.Cc1cn2cccc2c(C)c1-c1cccc[n+]1C. The van der Waals surface area contributed by atoms with E-state index in [1.54, 1.807) is 0 Å². The van der Waals surface area contributed by atoms with Crippen molar-refractivity contribution in [2.45, 2.75) is 96.9 Å². The highest BCUT2D eigenvalue weighted by atomic mass is 15.0. The molecule has 630 valence electrons. The summed E-state index contributed by atoms with van der Waals surface area (Å²) in [5.74, 6) is 0. The van der Waals surface area contributed by atoms with Crippen LogP contribution in [0, 0.1) is 96.9 Å². The van der Waals surface area contributed by atoms with E-state index in [-0.39, 0.29) is 0 Å². The van der Waals surface area contributed by atoms with Crippen molar-refractivity contribution >= 4 is 38.6 Å². The number of fused-ring (bicyclic) bond motifs is 7. The highest BCUT2D eigenvalue weighted by Crippen LogP contribution is 2.36. The van der Waals surface area contributed by atoms with E-state index in [1.807, 2.05) is 0 Å². The molecule has 0 aliphatic rings. The third-order valence-electron chi connectivity index (χ3n) is 24.8. The fourth-order valence-electron chi connectivity index (χ4n) is 18.5.